The van der Waals surface area contributed by atoms with Crippen molar-refractivity contribution in [3.63, 3.8) is 0 Å². The summed E-state index contributed by atoms with van der Waals surface area (Å²) < 4.78 is 13.2. The molecule has 0 radical (unpaired) electrons. The molecule has 0 saturated carbocycles. The van der Waals surface area contributed by atoms with Gasteiger partial charge in [0.2, 0.25) is 0 Å². The lowest BCUT2D eigenvalue weighted by molar-refractivity contribution is 0.0221. The highest BCUT2D eigenvalue weighted by atomic mass is 35.5. The normalized spacial score (nSPS) is 15.2. The summed E-state index contributed by atoms with van der Waals surface area (Å²) in [5.41, 5.74) is 5.01. The average molecular weight is 221 g/mol. The highest BCUT2D eigenvalue weighted by molar-refractivity contribution is 6.29. The molecule has 78 valence electrons. The Hall–Kier alpha value is -0.750. The second kappa shape index (κ2) is 4.65. The molecule has 0 fully saturated rings. The monoisotopic (exact) mass is 220 g/mol. The van der Waals surface area contributed by atoms with E-state index in [1.165, 1.54) is 12.3 Å². The van der Waals surface area contributed by atoms with Gasteiger partial charge in [0.25, 0.3) is 0 Å². The SMILES string of the molecule is NCC(O)C(O)c1ccnc(Cl)c1F. The van der Waals surface area contributed by atoms with Crippen LogP contribution in [0.4, 0.5) is 4.39 Å². The Morgan fingerprint density at radius 2 is 2.21 bits per heavy atom. The Labute approximate surface area is 85.1 Å². The number of pyridine rings is 1. The Morgan fingerprint density at radius 1 is 1.57 bits per heavy atom. The molecule has 0 aromatic carbocycles. The topological polar surface area (TPSA) is 79.4 Å². The van der Waals surface area contributed by atoms with Gasteiger partial charge in [-0.2, -0.15) is 0 Å². The molecule has 4 N–H and O–H groups in total. The lowest BCUT2D eigenvalue weighted by Gasteiger charge is -2.16. The second-order valence-electron chi connectivity index (χ2n) is 2.75. The fourth-order valence-electron chi connectivity index (χ4n) is 0.997. The van der Waals surface area contributed by atoms with Crippen LogP contribution in [-0.2, 0) is 0 Å². The molecule has 14 heavy (non-hydrogen) atoms. The zero-order chi connectivity index (χ0) is 10.7. The van der Waals surface area contributed by atoms with E-state index in [1.54, 1.807) is 0 Å². The number of nitrogens with zero attached hydrogens (tertiary/aromatic N) is 1. The van der Waals surface area contributed by atoms with Crippen molar-refractivity contribution in [2.75, 3.05) is 6.54 Å². The molecule has 0 saturated heterocycles. The minimum Gasteiger partial charge on any atom is -0.389 e. The van der Waals surface area contributed by atoms with Gasteiger partial charge in [0, 0.05) is 18.3 Å². The molecular formula is C8H10ClFN2O2. The quantitative estimate of drug-likeness (QED) is 0.637. The van der Waals surface area contributed by atoms with Gasteiger partial charge in [0.1, 0.15) is 6.10 Å². The number of rotatable bonds is 3. The van der Waals surface area contributed by atoms with E-state index in [2.05, 4.69) is 4.98 Å². The molecule has 6 heteroatoms. The van der Waals surface area contributed by atoms with Gasteiger partial charge >= 0.3 is 0 Å². The van der Waals surface area contributed by atoms with Crippen LogP contribution in [0.25, 0.3) is 0 Å². The zero-order valence-electron chi connectivity index (χ0n) is 7.19. The molecule has 1 aromatic rings. The van der Waals surface area contributed by atoms with Crippen molar-refractivity contribution < 1.29 is 14.6 Å². The Balaban J connectivity index is 3.01. The van der Waals surface area contributed by atoms with Gasteiger partial charge < -0.3 is 15.9 Å². The maximum absolute atomic E-state index is 13.2. The van der Waals surface area contributed by atoms with E-state index < -0.39 is 18.0 Å². The molecular weight excluding hydrogens is 211 g/mol. The van der Waals surface area contributed by atoms with Gasteiger partial charge in [-0.25, -0.2) is 9.37 Å². The number of hydrogen-bond acceptors (Lipinski definition) is 4. The average Bonchev–Trinajstić information content (AvgIpc) is 2.20. The summed E-state index contributed by atoms with van der Waals surface area (Å²) in [6.07, 6.45) is -1.36. The summed E-state index contributed by atoms with van der Waals surface area (Å²) in [7, 11) is 0. The summed E-state index contributed by atoms with van der Waals surface area (Å²) in [6, 6.07) is 1.24. The first-order valence-corrected chi connectivity index (χ1v) is 4.31. The van der Waals surface area contributed by atoms with Crippen LogP contribution in [-0.4, -0.2) is 27.8 Å². The van der Waals surface area contributed by atoms with Gasteiger partial charge in [-0.05, 0) is 6.07 Å². The van der Waals surface area contributed by atoms with Crippen LogP contribution in [0.5, 0.6) is 0 Å². The smallest absolute Gasteiger partial charge is 0.166 e. The molecule has 1 heterocycles. The van der Waals surface area contributed by atoms with Crippen LogP contribution in [0, 0.1) is 5.82 Å². The van der Waals surface area contributed by atoms with E-state index in [1.807, 2.05) is 0 Å². The Morgan fingerprint density at radius 3 is 2.79 bits per heavy atom. The molecule has 0 aliphatic heterocycles. The number of aliphatic hydroxyl groups is 2. The van der Waals surface area contributed by atoms with E-state index in [0.717, 1.165) is 0 Å². The third-order valence-electron chi connectivity index (χ3n) is 1.80. The lowest BCUT2D eigenvalue weighted by atomic mass is 10.1. The van der Waals surface area contributed by atoms with E-state index in [-0.39, 0.29) is 17.3 Å². The van der Waals surface area contributed by atoms with E-state index >= 15 is 0 Å². The predicted molar refractivity (Wildman–Crippen MR) is 49.2 cm³/mol. The van der Waals surface area contributed by atoms with Crippen molar-refractivity contribution in [3.05, 3.63) is 28.8 Å². The van der Waals surface area contributed by atoms with Crippen LogP contribution >= 0.6 is 11.6 Å². The van der Waals surface area contributed by atoms with E-state index in [4.69, 9.17) is 17.3 Å². The van der Waals surface area contributed by atoms with Crippen molar-refractivity contribution in [1.29, 1.82) is 0 Å². The molecule has 1 aromatic heterocycles. The van der Waals surface area contributed by atoms with Crippen LogP contribution in [0.1, 0.15) is 11.7 Å². The van der Waals surface area contributed by atoms with Crippen LogP contribution < -0.4 is 5.73 Å². The summed E-state index contributed by atoms with van der Waals surface area (Å²) in [5, 5.41) is 18.3. The number of halogens is 2. The number of nitrogens with two attached hydrogens (primary N) is 1. The minimum atomic E-state index is -1.39. The van der Waals surface area contributed by atoms with E-state index in [9.17, 15) is 14.6 Å². The molecule has 0 spiro atoms. The summed E-state index contributed by atoms with van der Waals surface area (Å²) >= 11 is 5.40. The standard InChI is InChI=1S/C8H10ClFN2O2/c9-8-6(10)4(1-2-12-8)7(14)5(13)3-11/h1-2,5,7,13-14H,3,11H2. The van der Waals surface area contributed by atoms with Crippen molar-refractivity contribution >= 4 is 11.6 Å². The van der Waals surface area contributed by atoms with Crippen molar-refractivity contribution in [2.45, 2.75) is 12.2 Å². The van der Waals surface area contributed by atoms with Crippen molar-refractivity contribution in [2.24, 2.45) is 5.73 Å². The summed E-state index contributed by atoms with van der Waals surface area (Å²) in [4.78, 5) is 3.47. The summed E-state index contributed by atoms with van der Waals surface area (Å²) in [5.74, 6) is -0.839. The lowest BCUT2D eigenvalue weighted by Crippen LogP contribution is -2.27. The molecule has 0 aliphatic rings. The molecule has 0 amide bonds. The van der Waals surface area contributed by atoms with Crippen LogP contribution in [0.3, 0.4) is 0 Å². The number of aliphatic hydroxyl groups excluding tert-OH is 2. The van der Waals surface area contributed by atoms with Crippen LogP contribution in [0.2, 0.25) is 5.15 Å². The largest absolute Gasteiger partial charge is 0.389 e. The molecule has 2 atom stereocenters. The van der Waals surface area contributed by atoms with Crippen molar-refractivity contribution in [3.8, 4) is 0 Å². The molecule has 4 nitrogen and oxygen atoms in total. The van der Waals surface area contributed by atoms with E-state index in [0.29, 0.717) is 0 Å². The molecule has 1 rings (SSSR count). The fourth-order valence-corrected chi connectivity index (χ4v) is 1.16. The van der Waals surface area contributed by atoms with Gasteiger partial charge in [0.15, 0.2) is 11.0 Å². The maximum atomic E-state index is 13.2. The highest BCUT2D eigenvalue weighted by Gasteiger charge is 2.21. The first-order chi connectivity index (χ1) is 6.57. The van der Waals surface area contributed by atoms with Gasteiger partial charge in [-0.3, -0.25) is 0 Å². The van der Waals surface area contributed by atoms with Gasteiger partial charge in [0.05, 0.1) is 6.10 Å². The van der Waals surface area contributed by atoms with Gasteiger partial charge in [-0.1, -0.05) is 11.6 Å². The predicted octanol–water partition coefficient (Wildman–Crippen LogP) is 0.227. The number of hydrogen-bond donors (Lipinski definition) is 3. The Kier molecular flexibility index (Phi) is 3.77. The second-order valence-corrected chi connectivity index (χ2v) is 3.11. The minimum absolute atomic E-state index is 0.108. The highest BCUT2D eigenvalue weighted by Crippen LogP contribution is 2.23. The fraction of sp³-hybridized carbons (Fsp3) is 0.375. The zero-order valence-corrected chi connectivity index (χ0v) is 7.95. The third-order valence-corrected chi connectivity index (χ3v) is 2.06. The maximum Gasteiger partial charge on any atom is 0.166 e. The van der Waals surface area contributed by atoms with Gasteiger partial charge in [-0.15, -0.1) is 0 Å². The first-order valence-electron chi connectivity index (χ1n) is 3.94. The molecule has 0 aliphatic carbocycles. The molecule has 2 unspecified atom stereocenters. The third kappa shape index (κ3) is 2.19. The summed E-state index contributed by atoms with van der Waals surface area (Å²) in [6.45, 7) is -0.166. The van der Waals surface area contributed by atoms with Crippen molar-refractivity contribution in [1.82, 2.24) is 4.98 Å². The Bertz CT molecular complexity index is 324. The number of aromatic nitrogens is 1. The van der Waals surface area contributed by atoms with Crippen LogP contribution in [0.15, 0.2) is 12.3 Å². The molecule has 0 bridgehead atoms. The first kappa shape index (κ1) is 11.3.